The maximum Gasteiger partial charge on any atom is 0.221 e. The van der Waals surface area contributed by atoms with Crippen LogP contribution in [0.5, 0.6) is 0 Å². The number of aromatic amines is 1. The molecule has 1 saturated heterocycles. The normalized spacial score (nSPS) is 19.0. The van der Waals surface area contributed by atoms with Crippen LogP contribution >= 0.6 is 0 Å². The second kappa shape index (κ2) is 6.45. The molecule has 0 radical (unpaired) electrons. The van der Waals surface area contributed by atoms with Gasteiger partial charge in [-0.1, -0.05) is 6.07 Å². The van der Waals surface area contributed by atoms with Crippen LogP contribution in [-0.2, 0) is 11.3 Å². The minimum Gasteiger partial charge on any atom is -0.369 e. The van der Waals surface area contributed by atoms with Crippen LogP contribution in [0.15, 0.2) is 24.4 Å². The first-order valence-corrected chi connectivity index (χ1v) is 7.54. The highest BCUT2D eigenvalue weighted by Gasteiger charge is 2.25. The van der Waals surface area contributed by atoms with Crippen molar-refractivity contribution in [3.05, 3.63) is 41.6 Å². The Morgan fingerprint density at radius 1 is 1.39 bits per heavy atom. The monoisotopic (exact) mass is 320 g/mol. The average molecular weight is 320 g/mol. The van der Waals surface area contributed by atoms with Gasteiger partial charge in [0.25, 0.3) is 0 Å². The van der Waals surface area contributed by atoms with Gasteiger partial charge in [0.2, 0.25) is 5.91 Å². The molecule has 0 aliphatic carbocycles. The van der Waals surface area contributed by atoms with Gasteiger partial charge in [-0.05, 0) is 31.5 Å². The van der Waals surface area contributed by atoms with Crippen molar-refractivity contribution in [1.82, 2.24) is 15.1 Å². The van der Waals surface area contributed by atoms with E-state index in [1.807, 2.05) is 0 Å². The van der Waals surface area contributed by atoms with E-state index in [1.165, 1.54) is 18.2 Å². The standard InChI is InChI=1S/C16H18F2N4O/c17-12-4-1-5-13(18)14(12)15-11(7-20-21-15)9-22-6-2-3-10(8-22)16(19)23/h1,4-5,7,10H,2-3,6,8-9H2,(H2,19,23)(H,20,21). The van der Waals surface area contributed by atoms with E-state index < -0.39 is 11.6 Å². The van der Waals surface area contributed by atoms with Gasteiger partial charge in [-0.25, -0.2) is 8.78 Å². The van der Waals surface area contributed by atoms with Gasteiger partial charge in [0.05, 0.1) is 23.4 Å². The quantitative estimate of drug-likeness (QED) is 0.905. The maximum absolute atomic E-state index is 14.0. The minimum atomic E-state index is -0.635. The molecule has 1 unspecified atom stereocenters. The smallest absolute Gasteiger partial charge is 0.221 e. The maximum atomic E-state index is 14.0. The van der Waals surface area contributed by atoms with Gasteiger partial charge in [0.15, 0.2) is 0 Å². The average Bonchev–Trinajstić information content (AvgIpc) is 2.95. The Bertz CT molecular complexity index is 696. The van der Waals surface area contributed by atoms with Crippen LogP contribution in [0.3, 0.4) is 0 Å². The van der Waals surface area contributed by atoms with Gasteiger partial charge in [-0.3, -0.25) is 14.8 Å². The molecule has 3 N–H and O–H groups in total. The van der Waals surface area contributed by atoms with Gasteiger partial charge in [0, 0.05) is 18.7 Å². The van der Waals surface area contributed by atoms with E-state index >= 15 is 0 Å². The van der Waals surface area contributed by atoms with Gasteiger partial charge in [-0.2, -0.15) is 5.10 Å². The summed E-state index contributed by atoms with van der Waals surface area (Å²) in [7, 11) is 0. The number of likely N-dealkylation sites (tertiary alicyclic amines) is 1. The Balaban J connectivity index is 1.83. The number of hydrogen-bond acceptors (Lipinski definition) is 3. The summed E-state index contributed by atoms with van der Waals surface area (Å²) in [4.78, 5) is 13.4. The molecular weight excluding hydrogens is 302 g/mol. The Morgan fingerprint density at radius 2 is 2.13 bits per heavy atom. The molecule has 1 atom stereocenters. The number of carbonyl (C=O) groups excluding carboxylic acids is 1. The van der Waals surface area contributed by atoms with E-state index in [0.717, 1.165) is 19.4 Å². The second-order valence-electron chi connectivity index (χ2n) is 5.84. The van der Waals surface area contributed by atoms with E-state index in [0.29, 0.717) is 24.3 Å². The van der Waals surface area contributed by atoms with Crippen LogP contribution < -0.4 is 5.73 Å². The molecule has 1 fully saturated rings. The molecule has 1 amide bonds. The molecule has 2 heterocycles. The highest BCUT2D eigenvalue weighted by molar-refractivity contribution is 5.77. The fraction of sp³-hybridized carbons (Fsp3) is 0.375. The molecule has 0 bridgehead atoms. The summed E-state index contributed by atoms with van der Waals surface area (Å²) in [5.41, 5.74) is 6.30. The third kappa shape index (κ3) is 3.24. The number of piperidine rings is 1. The summed E-state index contributed by atoms with van der Waals surface area (Å²) in [5, 5.41) is 6.60. The van der Waals surface area contributed by atoms with E-state index in [-0.39, 0.29) is 17.4 Å². The number of nitrogens with one attached hydrogen (secondary N) is 1. The zero-order valence-corrected chi connectivity index (χ0v) is 12.6. The highest BCUT2D eigenvalue weighted by Crippen LogP contribution is 2.28. The number of halogens is 2. The minimum absolute atomic E-state index is 0.108. The Labute approximate surface area is 132 Å². The topological polar surface area (TPSA) is 75.0 Å². The lowest BCUT2D eigenvalue weighted by Crippen LogP contribution is -2.40. The largest absolute Gasteiger partial charge is 0.369 e. The number of amides is 1. The van der Waals surface area contributed by atoms with Crippen LogP contribution in [0.4, 0.5) is 8.78 Å². The van der Waals surface area contributed by atoms with Crippen molar-refractivity contribution >= 4 is 5.91 Å². The first-order chi connectivity index (χ1) is 11.1. The summed E-state index contributed by atoms with van der Waals surface area (Å²) in [6.07, 6.45) is 3.22. The molecule has 1 aliphatic heterocycles. The number of carbonyl (C=O) groups is 1. The summed E-state index contributed by atoms with van der Waals surface area (Å²) in [6, 6.07) is 3.76. The highest BCUT2D eigenvalue weighted by atomic mass is 19.1. The fourth-order valence-corrected chi connectivity index (χ4v) is 3.06. The molecule has 1 aromatic heterocycles. The number of benzene rings is 1. The van der Waals surface area contributed by atoms with Crippen molar-refractivity contribution in [2.75, 3.05) is 13.1 Å². The van der Waals surface area contributed by atoms with Gasteiger partial charge in [-0.15, -0.1) is 0 Å². The lowest BCUT2D eigenvalue weighted by Gasteiger charge is -2.31. The van der Waals surface area contributed by atoms with Crippen molar-refractivity contribution in [1.29, 1.82) is 0 Å². The van der Waals surface area contributed by atoms with E-state index in [4.69, 9.17) is 5.73 Å². The fourth-order valence-electron chi connectivity index (χ4n) is 3.06. The summed E-state index contributed by atoms with van der Waals surface area (Å²) < 4.78 is 28.0. The van der Waals surface area contributed by atoms with Crippen molar-refractivity contribution in [2.24, 2.45) is 11.7 Å². The van der Waals surface area contributed by atoms with Gasteiger partial charge >= 0.3 is 0 Å². The molecule has 23 heavy (non-hydrogen) atoms. The Hall–Kier alpha value is -2.28. The molecular formula is C16H18F2N4O. The lowest BCUT2D eigenvalue weighted by molar-refractivity contribution is -0.123. The van der Waals surface area contributed by atoms with E-state index in [9.17, 15) is 13.6 Å². The van der Waals surface area contributed by atoms with Crippen molar-refractivity contribution < 1.29 is 13.6 Å². The predicted molar refractivity (Wildman–Crippen MR) is 81.1 cm³/mol. The Kier molecular flexibility index (Phi) is 4.38. The van der Waals surface area contributed by atoms with Crippen molar-refractivity contribution in [3.63, 3.8) is 0 Å². The molecule has 5 nitrogen and oxygen atoms in total. The first-order valence-electron chi connectivity index (χ1n) is 7.54. The molecule has 2 aromatic rings. The SMILES string of the molecule is NC(=O)C1CCCN(Cc2cn[nH]c2-c2c(F)cccc2F)C1. The lowest BCUT2D eigenvalue weighted by atomic mass is 9.97. The van der Waals surface area contributed by atoms with Crippen LogP contribution in [0, 0.1) is 17.6 Å². The summed E-state index contributed by atoms with van der Waals surface area (Å²) >= 11 is 0. The van der Waals surface area contributed by atoms with Crippen LogP contribution in [0.2, 0.25) is 0 Å². The molecule has 122 valence electrons. The molecule has 3 rings (SSSR count). The number of nitrogens with two attached hydrogens (primary N) is 1. The van der Waals surface area contributed by atoms with Crippen LogP contribution in [0.25, 0.3) is 11.3 Å². The van der Waals surface area contributed by atoms with Crippen LogP contribution in [-0.4, -0.2) is 34.1 Å². The van der Waals surface area contributed by atoms with Crippen molar-refractivity contribution in [2.45, 2.75) is 19.4 Å². The number of primary amides is 1. The molecule has 1 aromatic carbocycles. The number of nitrogens with zero attached hydrogens (tertiary/aromatic N) is 2. The van der Waals surface area contributed by atoms with Crippen molar-refractivity contribution in [3.8, 4) is 11.3 Å². The number of aromatic nitrogens is 2. The first kappa shape index (κ1) is 15.6. The van der Waals surface area contributed by atoms with E-state index in [1.54, 1.807) is 6.20 Å². The predicted octanol–water partition coefficient (Wildman–Crippen LogP) is 2.05. The molecule has 0 spiro atoms. The molecule has 1 aliphatic rings. The zero-order valence-electron chi connectivity index (χ0n) is 12.6. The third-order valence-electron chi connectivity index (χ3n) is 4.23. The summed E-state index contributed by atoms with van der Waals surface area (Å²) in [6.45, 7) is 1.83. The molecule has 7 heteroatoms. The zero-order chi connectivity index (χ0) is 16.4. The van der Waals surface area contributed by atoms with Gasteiger partial charge in [0.1, 0.15) is 11.6 Å². The number of hydrogen-bond donors (Lipinski definition) is 2. The van der Waals surface area contributed by atoms with Crippen LogP contribution in [0.1, 0.15) is 18.4 Å². The third-order valence-corrected chi connectivity index (χ3v) is 4.23. The number of H-pyrrole nitrogens is 1. The number of rotatable bonds is 4. The summed E-state index contributed by atoms with van der Waals surface area (Å²) in [5.74, 6) is -1.75. The van der Waals surface area contributed by atoms with E-state index in [2.05, 4.69) is 15.1 Å². The Morgan fingerprint density at radius 3 is 2.83 bits per heavy atom. The second-order valence-corrected chi connectivity index (χ2v) is 5.84. The molecule has 0 saturated carbocycles. The van der Waals surface area contributed by atoms with Gasteiger partial charge < -0.3 is 5.73 Å².